The lowest BCUT2D eigenvalue weighted by Crippen LogP contribution is -2.38. The molecule has 0 unspecified atom stereocenters. The first-order chi connectivity index (χ1) is 24.5. The number of methoxy groups -OCH3 is 1. The molecule has 2 heterocycles. The normalized spacial score (nSPS) is 13.5. The minimum absolute atomic E-state index is 0.00597. The number of nitrogens with zero attached hydrogens (tertiary/aromatic N) is 4. The summed E-state index contributed by atoms with van der Waals surface area (Å²) in [5.41, 5.74) is 4.21. The van der Waals surface area contributed by atoms with Gasteiger partial charge in [0.1, 0.15) is 5.69 Å². The number of rotatable bonds is 19. The van der Waals surface area contributed by atoms with Crippen molar-refractivity contribution < 1.29 is 23.8 Å². The van der Waals surface area contributed by atoms with Crippen molar-refractivity contribution in [3.63, 3.8) is 0 Å². The van der Waals surface area contributed by atoms with Crippen LogP contribution in [0.2, 0.25) is 0 Å². The zero-order valence-corrected chi connectivity index (χ0v) is 33.2. The summed E-state index contributed by atoms with van der Waals surface area (Å²) in [7, 11) is 3.68. The molecule has 0 atom stereocenters. The predicted octanol–water partition coefficient (Wildman–Crippen LogP) is 6.93. The number of benzene rings is 2. The minimum atomic E-state index is -0.400. The van der Waals surface area contributed by atoms with Crippen LogP contribution in [0.15, 0.2) is 48.5 Å². The van der Waals surface area contributed by atoms with Gasteiger partial charge >= 0.3 is 0 Å². The zero-order valence-electron chi connectivity index (χ0n) is 33.2. The maximum atomic E-state index is 14.0. The van der Waals surface area contributed by atoms with Gasteiger partial charge < -0.3 is 29.7 Å². The Bertz CT molecular complexity index is 1650. The summed E-state index contributed by atoms with van der Waals surface area (Å²) in [5.74, 6) is -0.286. The van der Waals surface area contributed by atoms with Crippen molar-refractivity contribution in [2.75, 3.05) is 38.8 Å². The average Bonchev–Trinajstić information content (AvgIpc) is 3.51. The van der Waals surface area contributed by atoms with E-state index in [9.17, 15) is 9.59 Å². The second kappa shape index (κ2) is 17.5. The second-order valence-electron chi connectivity index (χ2n) is 16.3. The Morgan fingerprint density at radius 2 is 1.42 bits per heavy atom. The number of anilines is 1. The molecular weight excluding hydrogens is 656 g/mol. The third-order valence-corrected chi connectivity index (χ3v) is 10.3. The van der Waals surface area contributed by atoms with Crippen LogP contribution >= 0.6 is 0 Å². The van der Waals surface area contributed by atoms with Crippen LogP contribution in [0, 0.1) is 0 Å². The molecule has 0 saturated carbocycles. The van der Waals surface area contributed by atoms with Crippen molar-refractivity contribution in [3.05, 3.63) is 54.1 Å². The molecule has 2 amide bonds. The van der Waals surface area contributed by atoms with Gasteiger partial charge in [-0.25, -0.2) is 4.68 Å². The highest BCUT2D eigenvalue weighted by atomic mass is 16.5. The standard InChI is InChI=1S/C41H62N6O5/c1-38(2,42-9)23-27-51-41(7,8)22-26-47-37-31-16-12-11-15-30(31)29-46(33-18-14-13-17-32(33)36(37)44-45-47)35(49)20-19-34(48)43-25-21-40(5,6)52-28-24-39(3,4)50-10/h11-18,42H,19-29H2,1-10H3,(H,43,48). The Hall–Kier alpha value is -3.64. The molecule has 11 nitrogen and oxygen atoms in total. The molecule has 2 aromatic carbocycles. The van der Waals surface area contributed by atoms with Gasteiger partial charge in [0.25, 0.3) is 0 Å². The van der Waals surface area contributed by atoms with Gasteiger partial charge in [0, 0.05) is 56.3 Å². The first-order valence-corrected chi connectivity index (χ1v) is 18.7. The van der Waals surface area contributed by atoms with Crippen LogP contribution in [0.1, 0.15) is 99.5 Å². The number of ether oxygens (including phenoxy) is 3. The van der Waals surface area contributed by atoms with Crippen LogP contribution in [0.4, 0.5) is 5.69 Å². The molecule has 52 heavy (non-hydrogen) atoms. The van der Waals surface area contributed by atoms with E-state index in [1.54, 1.807) is 12.0 Å². The molecular formula is C41H62N6O5. The van der Waals surface area contributed by atoms with Crippen LogP contribution in [0.25, 0.3) is 22.5 Å². The summed E-state index contributed by atoms with van der Waals surface area (Å²) in [6.45, 7) is 19.4. The molecule has 2 N–H and O–H groups in total. The van der Waals surface area contributed by atoms with E-state index in [-0.39, 0.29) is 41.4 Å². The van der Waals surface area contributed by atoms with Gasteiger partial charge in [-0.3, -0.25) is 9.59 Å². The van der Waals surface area contributed by atoms with Gasteiger partial charge in [0.05, 0.1) is 41.3 Å². The first-order valence-electron chi connectivity index (χ1n) is 18.7. The van der Waals surface area contributed by atoms with Gasteiger partial charge in [-0.05, 0) is 99.8 Å². The summed E-state index contributed by atoms with van der Waals surface area (Å²) in [4.78, 5) is 28.6. The van der Waals surface area contributed by atoms with E-state index in [1.807, 2.05) is 81.9 Å². The van der Waals surface area contributed by atoms with Crippen molar-refractivity contribution >= 4 is 17.5 Å². The molecule has 1 aliphatic rings. The number of hydrogen-bond acceptors (Lipinski definition) is 8. The molecule has 0 saturated heterocycles. The largest absolute Gasteiger partial charge is 0.379 e. The van der Waals surface area contributed by atoms with Gasteiger partial charge in [0.2, 0.25) is 11.8 Å². The number of para-hydroxylation sites is 1. The van der Waals surface area contributed by atoms with Gasteiger partial charge in [-0.1, -0.05) is 47.7 Å². The number of amides is 2. The number of carbonyl (C=O) groups excluding carboxylic acids is 2. The Kier molecular flexibility index (Phi) is 13.8. The molecule has 1 aromatic heterocycles. The van der Waals surface area contributed by atoms with Crippen LogP contribution in [-0.4, -0.2) is 83.1 Å². The minimum Gasteiger partial charge on any atom is -0.379 e. The molecule has 3 aromatic rings. The van der Waals surface area contributed by atoms with Crippen LogP contribution in [0.3, 0.4) is 0 Å². The number of nitrogens with one attached hydrogen (secondary N) is 2. The van der Waals surface area contributed by atoms with E-state index in [2.05, 4.69) is 49.6 Å². The fraction of sp³-hybridized carbons (Fsp3) is 0.610. The third kappa shape index (κ3) is 11.4. The number of fused-ring (bicyclic) bond motifs is 5. The fourth-order valence-corrected chi connectivity index (χ4v) is 6.04. The first kappa shape index (κ1) is 41.1. The van der Waals surface area contributed by atoms with E-state index < -0.39 is 5.60 Å². The summed E-state index contributed by atoms with van der Waals surface area (Å²) in [5, 5.41) is 15.7. The van der Waals surface area contributed by atoms with E-state index in [0.717, 1.165) is 53.0 Å². The lowest BCUT2D eigenvalue weighted by molar-refractivity contribution is -0.125. The number of aryl methyl sites for hydroxylation is 1. The molecule has 11 heteroatoms. The van der Waals surface area contributed by atoms with E-state index >= 15 is 0 Å². The SMILES string of the molecule is CNC(C)(C)CCOC(C)(C)CCn1nnc2c1-c1ccccc1CN(C(=O)CCC(=O)NCCC(C)(C)OCCC(C)(C)OC)c1ccccc1-2. The summed E-state index contributed by atoms with van der Waals surface area (Å²) >= 11 is 0. The van der Waals surface area contributed by atoms with Crippen molar-refractivity contribution in [3.8, 4) is 22.5 Å². The highest BCUT2D eigenvalue weighted by molar-refractivity contribution is 6.01. The molecule has 0 bridgehead atoms. The lowest BCUT2D eigenvalue weighted by atomic mass is 9.95. The molecule has 0 spiro atoms. The summed E-state index contributed by atoms with van der Waals surface area (Å²) < 4.78 is 19.9. The Balaban J connectivity index is 1.44. The van der Waals surface area contributed by atoms with Gasteiger partial charge in [-0.15, -0.1) is 5.10 Å². The van der Waals surface area contributed by atoms with Crippen LogP contribution in [-0.2, 0) is 36.9 Å². The molecule has 1 aliphatic heterocycles. The maximum absolute atomic E-state index is 14.0. The van der Waals surface area contributed by atoms with Crippen LogP contribution < -0.4 is 15.5 Å². The Morgan fingerprint density at radius 3 is 2.12 bits per heavy atom. The number of aromatic nitrogens is 3. The molecule has 0 aliphatic carbocycles. The Labute approximate surface area is 311 Å². The molecule has 0 radical (unpaired) electrons. The van der Waals surface area contributed by atoms with E-state index in [0.29, 0.717) is 39.3 Å². The quantitative estimate of drug-likeness (QED) is 0.137. The number of carbonyl (C=O) groups is 2. The van der Waals surface area contributed by atoms with Crippen LogP contribution in [0.5, 0.6) is 0 Å². The molecule has 0 fully saturated rings. The highest BCUT2D eigenvalue weighted by Crippen LogP contribution is 2.41. The lowest BCUT2D eigenvalue weighted by Gasteiger charge is -2.30. The fourth-order valence-electron chi connectivity index (χ4n) is 6.04. The monoisotopic (exact) mass is 718 g/mol. The topological polar surface area (TPSA) is 120 Å². The predicted molar refractivity (Wildman–Crippen MR) is 207 cm³/mol. The maximum Gasteiger partial charge on any atom is 0.227 e. The average molecular weight is 719 g/mol. The van der Waals surface area contributed by atoms with Crippen molar-refractivity contribution in [1.29, 1.82) is 0 Å². The van der Waals surface area contributed by atoms with Crippen molar-refractivity contribution in [2.24, 2.45) is 0 Å². The van der Waals surface area contributed by atoms with E-state index in [1.165, 1.54) is 0 Å². The van der Waals surface area contributed by atoms with Crippen molar-refractivity contribution in [1.82, 2.24) is 25.6 Å². The molecule has 4 rings (SSSR count). The molecule has 286 valence electrons. The third-order valence-electron chi connectivity index (χ3n) is 10.3. The highest BCUT2D eigenvalue weighted by Gasteiger charge is 2.30. The number of hydrogen-bond donors (Lipinski definition) is 2. The smallest absolute Gasteiger partial charge is 0.227 e. The summed E-state index contributed by atoms with van der Waals surface area (Å²) in [6, 6.07) is 15.9. The van der Waals surface area contributed by atoms with Gasteiger partial charge in [-0.2, -0.15) is 0 Å². The second-order valence-corrected chi connectivity index (χ2v) is 16.3. The van der Waals surface area contributed by atoms with Gasteiger partial charge in [0.15, 0.2) is 0 Å². The van der Waals surface area contributed by atoms with Crippen molar-refractivity contribution in [2.45, 2.75) is 129 Å². The Morgan fingerprint density at radius 1 is 0.788 bits per heavy atom. The van der Waals surface area contributed by atoms with E-state index in [4.69, 9.17) is 19.3 Å². The zero-order chi connectivity index (χ0) is 38.2. The summed E-state index contributed by atoms with van der Waals surface area (Å²) in [6.07, 6.45) is 3.24.